The number of hydrogen-bond acceptors (Lipinski definition) is 4. The van der Waals surface area contributed by atoms with Crippen LogP contribution < -0.4 is 9.62 Å². The van der Waals surface area contributed by atoms with Crippen molar-refractivity contribution in [3.63, 3.8) is 0 Å². The van der Waals surface area contributed by atoms with Crippen LogP contribution in [0.3, 0.4) is 0 Å². The van der Waals surface area contributed by atoms with Gasteiger partial charge < -0.3 is 9.64 Å². The Bertz CT molecular complexity index is 685. The monoisotopic (exact) mass is 367 g/mol. The van der Waals surface area contributed by atoms with Crippen LogP contribution in [0, 0.1) is 0 Å². The number of fused-ring (bicyclic) bond motifs is 1. The maximum atomic E-state index is 12.6. The predicted molar refractivity (Wildman–Crippen MR) is 100 cm³/mol. The lowest BCUT2D eigenvalue weighted by Gasteiger charge is -2.38. The van der Waals surface area contributed by atoms with Gasteiger partial charge in [0, 0.05) is 37.9 Å². The van der Waals surface area contributed by atoms with E-state index in [2.05, 4.69) is 34.7 Å². The van der Waals surface area contributed by atoms with Gasteiger partial charge in [0.25, 0.3) is 10.2 Å². The largest absolute Gasteiger partial charge is 0.373 e. The zero-order chi connectivity index (χ0) is 18.0. The van der Waals surface area contributed by atoms with Crippen molar-refractivity contribution in [3.8, 4) is 0 Å². The third kappa shape index (κ3) is 4.34. The molecule has 2 aliphatic rings. The normalized spacial score (nSPS) is 28.0. The van der Waals surface area contributed by atoms with Crippen molar-refractivity contribution in [2.75, 3.05) is 31.1 Å². The molecule has 0 radical (unpaired) electrons. The average molecular weight is 368 g/mol. The second kappa shape index (κ2) is 7.61. The zero-order valence-electron chi connectivity index (χ0n) is 15.3. The topological polar surface area (TPSA) is 61.9 Å². The van der Waals surface area contributed by atoms with Gasteiger partial charge in [0.15, 0.2) is 0 Å². The first kappa shape index (κ1) is 18.6. The highest BCUT2D eigenvalue weighted by molar-refractivity contribution is 7.87. The van der Waals surface area contributed by atoms with Crippen molar-refractivity contribution in [3.05, 3.63) is 29.8 Å². The Labute approximate surface area is 151 Å². The van der Waals surface area contributed by atoms with E-state index in [0.717, 1.165) is 12.8 Å². The molecule has 2 aliphatic heterocycles. The molecule has 0 saturated carbocycles. The summed E-state index contributed by atoms with van der Waals surface area (Å²) in [5.74, 6) is 0. The van der Waals surface area contributed by atoms with Crippen LogP contribution in [0.4, 0.5) is 5.69 Å². The van der Waals surface area contributed by atoms with E-state index in [-0.39, 0.29) is 12.2 Å². The Morgan fingerprint density at radius 2 is 1.84 bits per heavy atom. The van der Waals surface area contributed by atoms with Crippen LogP contribution in [0.2, 0.25) is 0 Å². The van der Waals surface area contributed by atoms with E-state index in [9.17, 15) is 8.42 Å². The molecule has 1 aromatic rings. The van der Waals surface area contributed by atoms with E-state index in [1.807, 2.05) is 19.9 Å². The quantitative estimate of drug-likeness (QED) is 0.862. The Morgan fingerprint density at radius 1 is 1.16 bits per heavy atom. The second-order valence-electron chi connectivity index (χ2n) is 7.18. The molecule has 7 heteroatoms. The standard InChI is InChI=1S/C18H29N3O3S/c1-14-8-9-17-6-4-5-7-18(17)21(14)11-10-19-25(22,23)20-12-15(2)24-16(3)13-20/h4-7,14-16,19H,8-13H2,1-3H3/t14-,15+,16+/m0/s1. The van der Waals surface area contributed by atoms with Crippen LogP contribution in [-0.2, 0) is 21.4 Å². The van der Waals surface area contributed by atoms with Crippen LogP contribution >= 0.6 is 0 Å². The molecule has 6 nitrogen and oxygen atoms in total. The Hall–Kier alpha value is -1.15. The van der Waals surface area contributed by atoms with Gasteiger partial charge in [0.1, 0.15) is 0 Å². The van der Waals surface area contributed by atoms with Gasteiger partial charge >= 0.3 is 0 Å². The van der Waals surface area contributed by atoms with Crippen LogP contribution in [0.5, 0.6) is 0 Å². The van der Waals surface area contributed by atoms with E-state index in [0.29, 0.717) is 32.2 Å². The third-order valence-corrected chi connectivity index (χ3v) is 6.57. The van der Waals surface area contributed by atoms with Gasteiger partial charge in [-0.05, 0) is 45.2 Å². The van der Waals surface area contributed by atoms with Crippen LogP contribution in [0.1, 0.15) is 32.8 Å². The molecule has 3 rings (SSSR count). The first-order valence-electron chi connectivity index (χ1n) is 9.11. The van der Waals surface area contributed by atoms with Crippen molar-refractivity contribution < 1.29 is 13.2 Å². The van der Waals surface area contributed by atoms with Gasteiger partial charge in [-0.2, -0.15) is 12.7 Å². The molecule has 1 fully saturated rings. The zero-order valence-corrected chi connectivity index (χ0v) is 16.1. The number of rotatable bonds is 5. The lowest BCUT2D eigenvalue weighted by Crippen LogP contribution is -2.53. The first-order chi connectivity index (χ1) is 11.9. The van der Waals surface area contributed by atoms with Crippen LogP contribution in [0.15, 0.2) is 24.3 Å². The third-order valence-electron chi connectivity index (χ3n) is 5.03. The van der Waals surface area contributed by atoms with Crippen LogP contribution in [0.25, 0.3) is 0 Å². The number of aryl methyl sites for hydroxylation is 1. The molecule has 140 valence electrons. The minimum absolute atomic E-state index is 0.0747. The molecule has 0 amide bonds. The summed E-state index contributed by atoms with van der Waals surface area (Å²) in [6.45, 7) is 7.91. The molecule has 2 heterocycles. The summed E-state index contributed by atoms with van der Waals surface area (Å²) in [7, 11) is -3.47. The summed E-state index contributed by atoms with van der Waals surface area (Å²) >= 11 is 0. The lowest BCUT2D eigenvalue weighted by atomic mass is 9.97. The highest BCUT2D eigenvalue weighted by Crippen LogP contribution is 2.29. The molecular weight excluding hydrogens is 338 g/mol. The fourth-order valence-electron chi connectivity index (χ4n) is 3.81. The van der Waals surface area contributed by atoms with Gasteiger partial charge in [0.05, 0.1) is 12.2 Å². The summed E-state index contributed by atoms with van der Waals surface area (Å²) in [6.07, 6.45) is 2.04. The predicted octanol–water partition coefficient (Wildman–Crippen LogP) is 1.77. The van der Waals surface area contributed by atoms with Gasteiger partial charge in [0.2, 0.25) is 0 Å². The molecule has 1 N–H and O–H groups in total. The fraction of sp³-hybridized carbons (Fsp3) is 0.667. The minimum Gasteiger partial charge on any atom is -0.373 e. The first-order valence-corrected chi connectivity index (χ1v) is 10.6. The van der Waals surface area contributed by atoms with E-state index in [4.69, 9.17) is 4.74 Å². The number of nitrogens with one attached hydrogen (secondary N) is 1. The van der Waals surface area contributed by atoms with Crippen molar-refractivity contribution >= 4 is 15.9 Å². The summed E-state index contributed by atoms with van der Waals surface area (Å²) in [5, 5.41) is 0. The highest BCUT2D eigenvalue weighted by Gasteiger charge is 2.31. The van der Waals surface area contributed by atoms with Crippen LogP contribution in [-0.4, -0.2) is 57.2 Å². The summed E-state index contributed by atoms with van der Waals surface area (Å²) in [5.41, 5.74) is 2.58. The summed E-state index contributed by atoms with van der Waals surface area (Å²) in [6, 6.07) is 8.82. The number of hydrogen-bond donors (Lipinski definition) is 1. The Balaban J connectivity index is 1.61. The smallest absolute Gasteiger partial charge is 0.279 e. The SMILES string of the molecule is C[C@@H]1CN(S(=O)(=O)NCCN2c3ccccc3CC[C@@H]2C)C[C@@H](C)O1. The lowest BCUT2D eigenvalue weighted by molar-refractivity contribution is -0.0443. The molecule has 3 atom stereocenters. The van der Waals surface area contributed by atoms with E-state index >= 15 is 0 Å². The Morgan fingerprint density at radius 3 is 2.56 bits per heavy atom. The number of morpholine rings is 1. The molecule has 1 saturated heterocycles. The highest BCUT2D eigenvalue weighted by atomic mass is 32.2. The Kier molecular flexibility index (Phi) is 5.68. The van der Waals surface area contributed by atoms with Crippen molar-refractivity contribution in [2.24, 2.45) is 0 Å². The number of anilines is 1. The molecule has 25 heavy (non-hydrogen) atoms. The molecule has 0 aliphatic carbocycles. The number of para-hydroxylation sites is 1. The summed E-state index contributed by atoms with van der Waals surface area (Å²) in [4.78, 5) is 2.31. The van der Waals surface area contributed by atoms with Gasteiger partial charge in [-0.25, -0.2) is 4.72 Å². The number of benzene rings is 1. The van der Waals surface area contributed by atoms with Crippen molar-refractivity contribution in [1.29, 1.82) is 0 Å². The van der Waals surface area contributed by atoms with E-state index < -0.39 is 10.2 Å². The maximum absolute atomic E-state index is 12.6. The average Bonchev–Trinajstić information content (AvgIpc) is 2.56. The van der Waals surface area contributed by atoms with Gasteiger partial charge in [-0.1, -0.05) is 18.2 Å². The number of nitrogens with zero attached hydrogens (tertiary/aromatic N) is 2. The van der Waals surface area contributed by atoms with Crippen molar-refractivity contribution in [1.82, 2.24) is 9.03 Å². The molecule has 0 aromatic heterocycles. The molecule has 0 spiro atoms. The molecular formula is C18H29N3O3S. The summed E-state index contributed by atoms with van der Waals surface area (Å²) < 4.78 is 35.1. The second-order valence-corrected chi connectivity index (χ2v) is 8.94. The van der Waals surface area contributed by atoms with E-state index in [1.54, 1.807) is 0 Å². The minimum atomic E-state index is -3.47. The van der Waals surface area contributed by atoms with E-state index in [1.165, 1.54) is 15.6 Å². The van der Waals surface area contributed by atoms with Gasteiger partial charge in [-0.15, -0.1) is 0 Å². The molecule has 0 unspecified atom stereocenters. The molecule has 1 aromatic carbocycles. The van der Waals surface area contributed by atoms with Crippen molar-refractivity contribution in [2.45, 2.75) is 51.9 Å². The fourth-order valence-corrected chi connectivity index (χ4v) is 5.16. The maximum Gasteiger partial charge on any atom is 0.279 e. The molecule has 0 bridgehead atoms. The van der Waals surface area contributed by atoms with Gasteiger partial charge in [-0.3, -0.25) is 0 Å². The number of ether oxygens (including phenoxy) is 1.